The molecule has 2 aromatic rings. The molecule has 2 rings (SSSR count). The molecular formula is C15H19BrFN3O. The first-order valence-corrected chi connectivity index (χ1v) is 7.51. The molecular weight excluding hydrogens is 337 g/mol. The van der Waals surface area contributed by atoms with Crippen LogP contribution in [0.1, 0.15) is 22.9 Å². The molecule has 0 bridgehead atoms. The minimum atomic E-state index is -0.224. The van der Waals surface area contributed by atoms with E-state index in [4.69, 9.17) is 4.74 Å². The van der Waals surface area contributed by atoms with Gasteiger partial charge in [0, 0.05) is 7.11 Å². The van der Waals surface area contributed by atoms with Crippen LogP contribution in [0.15, 0.2) is 28.9 Å². The lowest BCUT2D eigenvalue weighted by Gasteiger charge is -2.21. The quantitative estimate of drug-likeness (QED) is 0.865. The number of methoxy groups -OCH3 is 1. The van der Waals surface area contributed by atoms with E-state index in [9.17, 15) is 4.39 Å². The zero-order valence-electron chi connectivity index (χ0n) is 12.4. The molecule has 1 N–H and O–H groups in total. The molecule has 0 aliphatic carbocycles. The van der Waals surface area contributed by atoms with Crippen molar-refractivity contribution in [2.45, 2.75) is 19.5 Å². The Labute approximate surface area is 132 Å². The maximum absolute atomic E-state index is 13.3. The van der Waals surface area contributed by atoms with Gasteiger partial charge in [0.15, 0.2) is 0 Å². The van der Waals surface area contributed by atoms with Gasteiger partial charge in [-0.05, 0) is 53.2 Å². The van der Waals surface area contributed by atoms with Gasteiger partial charge in [-0.3, -0.25) is 4.68 Å². The molecule has 0 fully saturated rings. The molecule has 0 aliphatic rings. The molecule has 6 heteroatoms. The number of nitrogens with one attached hydrogen (secondary N) is 1. The Balaban J connectivity index is 2.43. The fourth-order valence-electron chi connectivity index (χ4n) is 2.42. The molecule has 0 saturated heterocycles. The predicted octanol–water partition coefficient (Wildman–Crippen LogP) is 3.05. The van der Waals surface area contributed by atoms with E-state index in [0.29, 0.717) is 13.2 Å². The molecule has 0 radical (unpaired) electrons. The van der Waals surface area contributed by atoms with Crippen molar-refractivity contribution in [1.29, 1.82) is 0 Å². The SMILES string of the molecule is CNC(c1ccc(F)cc1C)c1c(Br)cnn1CCOC. The maximum Gasteiger partial charge on any atom is 0.123 e. The molecule has 1 aromatic heterocycles. The summed E-state index contributed by atoms with van der Waals surface area (Å²) in [6.07, 6.45) is 1.77. The van der Waals surface area contributed by atoms with Crippen LogP contribution in [-0.4, -0.2) is 30.5 Å². The number of rotatable bonds is 6. The largest absolute Gasteiger partial charge is 0.383 e. The summed E-state index contributed by atoms with van der Waals surface area (Å²) in [6, 6.07) is 4.77. The summed E-state index contributed by atoms with van der Waals surface area (Å²) in [5.74, 6) is -0.224. The normalized spacial score (nSPS) is 12.6. The van der Waals surface area contributed by atoms with E-state index in [1.807, 2.05) is 24.7 Å². The van der Waals surface area contributed by atoms with Crippen molar-refractivity contribution in [3.8, 4) is 0 Å². The standard InChI is InChI=1S/C15H19BrFN3O/c1-10-8-11(17)4-5-12(10)14(18-2)15-13(16)9-19-20(15)6-7-21-3/h4-5,8-9,14,18H,6-7H2,1-3H3. The third kappa shape index (κ3) is 3.51. The van der Waals surface area contributed by atoms with Crippen molar-refractivity contribution in [2.24, 2.45) is 0 Å². The monoisotopic (exact) mass is 355 g/mol. The van der Waals surface area contributed by atoms with Crippen LogP contribution in [0.25, 0.3) is 0 Å². The first-order chi connectivity index (χ1) is 10.1. The van der Waals surface area contributed by atoms with Crippen molar-refractivity contribution >= 4 is 15.9 Å². The number of aryl methyl sites for hydroxylation is 1. The van der Waals surface area contributed by atoms with Gasteiger partial charge >= 0.3 is 0 Å². The van der Waals surface area contributed by atoms with Crippen molar-refractivity contribution in [3.05, 3.63) is 51.5 Å². The fraction of sp³-hybridized carbons (Fsp3) is 0.400. The Morgan fingerprint density at radius 1 is 1.48 bits per heavy atom. The average molecular weight is 356 g/mol. The average Bonchev–Trinajstić information content (AvgIpc) is 2.81. The van der Waals surface area contributed by atoms with Crippen LogP contribution in [0.4, 0.5) is 4.39 Å². The molecule has 114 valence electrons. The Hall–Kier alpha value is -1.24. The second-order valence-corrected chi connectivity index (χ2v) is 5.67. The molecule has 21 heavy (non-hydrogen) atoms. The number of aromatic nitrogens is 2. The minimum Gasteiger partial charge on any atom is -0.383 e. The van der Waals surface area contributed by atoms with E-state index in [-0.39, 0.29) is 11.9 Å². The minimum absolute atomic E-state index is 0.0701. The smallest absolute Gasteiger partial charge is 0.123 e. The van der Waals surface area contributed by atoms with Crippen LogP contribution in [0.2, 0.25) is 0 Å². The summed E-state index contributed by atoms with van der Waals surface area (Å²) >= 11 is 3.55. The first kappa shape index (κ1) is 16.1. The van der Waals surface area contributed by atoms with Crippen molar-refractivity contribution in [1.82, 2.24) is 15.1 Å². The van der Waals surface area contributed by atoms with Crippen molar-refractivity contribution in [2.75, 3.05) is 20.8 Å². The third-order valence-electron chi connectivity index (χ3n) is 3.45. The Kier molecular flexibility index (Phi) is 5.50. The van der Waals surface area contributed by atoms with Gasteiger partial charge < -0.3 is 10.1 Å². The molecule has 1 atom stereocenters. The van der Waals surface area contributed by atoms with E-state index in [2.05, 4.69) is 26.3 Å². The number of halogens is 2. The van der Waals surface area contributed by atoms with E-state index >= 15 is 0 Å². The molecule has 1 aromatic carbocycles. The van der Waals surface area contributed by atoms with Crippen molar-refractivity contribution in [3.63, 3.8) is 0 Å². The van der Waals surface area contributed by atoms with Crippen LogP contribution in [0.3, 0.4) is 0 Å². The molecule has 0 saturated carbocycles. The highest BCUT2D eigenvalue weighted by molar-refractivity contribution is 9.10. The van der Waals surface area contributed by atoms with Gasteiger partial charge in [-0.15, -0.1) is 0 Å². The highest BCUT2D eigenvalue weighted by Gasteiger charge is 2.22. The number of benzene rings is 1. The van der Waals surface area contributed by atoms with E-state index in [0.717, 1.165) is 21.3 Å². The van der Waals surface area contributed by atoms with E-state index in [1.54, 1.807) is 19.4 Å². The summed E-state index contributed by atoms with van der Waals surface area (Å²) in [5, 5.41) is 7.66. The summed E-state index contributed by atoms with van der Waals surface area (Å²) in [5.41, 5.74) is 2.93. The molecule has 1 heterocycles. The number of hydrogen-bond donors (Lipinski definition) is 1. The molecule has 1 unspecified atom stereocenters. The molecule has 0 amide bonds. The summed E-state index contributed by atoms with van der Waals surface area (Å²) < 4.78 is 21.3. The molecule has 0 aliphatic heterocycles. The van der Waals surface area contributed by atoms with Gasteiger partial charge in [-0.1, -0.05) is 6.07 Å². The topological polar surface area (TPSA) is 39.1 Å². The molecule has 0 spiro atoms. The second-order valence-electron chi connectivity index (χ2n) is 4.82. The van der Waals surface area contributed by atoms with Gasteiger partial charge in [-0.2, -0.15) is 5.10 Å². The van der Waals surface area contributed by atoms with Gasteiger partial charge in [0.05, 0.1) is 35.6 Å². The van der Waals surface area contributed by atoms with Crippen LogP contribution in [0, 0.1) is 12.7 Å². The van der Waals surface area contributed by atoms with Crippen LogP contribution in [0.5, 0.6) is 0 Å². The fourth-order valence-corrected chi connectivity index (χ4v) is 2.94. The lowest BCUT2D eigenvalue weighted by atomic mass is 9.98. The summed E-state index contributed by atoms with van der Waals surface area (Å²) in [4.78, 5) is 0. The maximum atomic E-state index is 13.3. The van der Waals surface area contributed by atoms with Gasteiger partial charge in [-0.25, -0.2) is 4.39 Å². The number of nitrogens with zero attached hydrogens (tertiary/aromatic N) is 2. The zero-order chi connectivity index (χ0) is 15.4. The Bertz CT molecular complexity index is 615. The van der Waals surface area contributed by atoms with E-state index in [1.165, 1.54) is 6.07 Å². The van der Waals surface area contributed by atoms with Gasteiger partial charge in [0.25, 0.3) is 0 Å². The lowest BCUT2D eigenvalue weighted by Crippen LogP contribution is -2.23. The van der Waals surface area contributed by atoms with Crippen LogP contribution >= 0.6 is 15.9 Å². The van der Waals surface area contributed by atoms with Crippen LogP contribution < -0.4 is 5.32 Å². The number of hydrogen-bond acceptors (Lipinski definition) is 3. The second kappa shape index (κ2) is 7.15. The number of ether oxygens (including phenoxy) is 1. The highest BCUT2D eigenvalue weighted by Crippen LogP contribution is 2.30. The summed E-state index contributed by atoms with van der Waals surface area (Å²) in [6.45, 7) is 3.16. The van der Waals surface area contributed by atoms with Gasteiger partial charge in [0.1, 0.15) is 5.82 Å². The van der Waals surface area contributed by atoms with E-state index < -0.39 is 0 Å². The van der Waals surface area contributed by atoms with Crippen LogP contribution in [-0.2, 0) is 11.3 Å². The highest BCUT2D eigenvalue weighted by atomic mass is 79.9. The Morgan fingerprint density at radius 2 is 2.24 bits per heavy atom. The Morgan fingerprint density at radius 3 is 2.86 bits per heavy atom. The molecule has 4 nitrogen and oxygen atoms in total. The summed E-state index contributed by atoms with van der Waals surface area (Å²) in [7, 11) is 3.55. The third-order valence-corrected chi connectivity index (χ3v) is 4.06. The van der Waals surface area contributed by atoms with Gasteiger partial charge in [0.2, 0.25) is 0 Å². The zero-order valence-corrected chi connectivity index (χ0v) is 13.9. The predicted molar refractivity (Wildman–Crippen MR) is 83.8 cm³/mol. The first-order valence-electron chi connectivity index (χ1n) is 6.72. The lowest BCUT2D eigenvalue weighted by molar-refractivity contribution is 0.182. The van der Waals surface area contributed by atoms with Crippen molar-refractivity contribution < 1.29 is 9.13 Å².